The molecule has 5 nitrogen and oxygen atoms in total. The Hall–Kier alpha value is -0.523. The highest BCUT2D eigenvalue weighted by Crippen LogP contribution is 2.27. The van der Waals surface area contributed by atoms with E-state index in [1.165, 1.54) is 6.08 Å². The van der Waals surface area contributed by atoms with Gasteiger partial charge < -0.3 is 13.3 Å². The third-order valence-electron chi connectivity index (χ3n) is 2.22. The number of aliphatic imine (C=N–C) groups is 1. The van der Waals surface area contributed by atoms with E-state index in [9.17, 15) is 4.79 Å². The molecule has 0 rings (SSSR count). The minimum Gasteiger partial charge on any atom is -0.377 e. The van der Waals surface area contributed by atoms with Crippen LogP contribution in [0.5, 0.6) is 0 Å². The van der Waals surface area contributed by atoms with Crippen molar-refractivity contribution in [2.45, 2.75) is 18.9 Å². The van der Waals surface area contributed by atoms with Crippen LogP contribution in [0.4, 0.5) is 0 Å². The van der Waals surface area contributed by atoms with Crippen molar-refractivity contribution >= 4 is 14.9 Å². The third kappa shape index (κ3) is 3.00. The van der Waals surface area contributed by atoms with Gasteiger partial charge in [-0.1, -0.05) is 6.92 Å². The molecule has 0 amide bonds. The molecule has 0 spiro atoms. The van der Waals surface area contributed by atoms with Crippen molar-refractivity contribution in [2.24, 2.45) is 4.99 Å². The van der Waals surface area contributed by atoms with Crippen molar-refractivity contribution in [3.05, 3.63) is 0 Å². The van der Waals surface area contributed by atoms with Crippen LogP contribution in [-0.4, -0.2) is 42.8 Å². The molecule has 0 aliphatic rings. The number of isocyanates is 1. The zero-order valence-electron chi connectivity index (χ0n) is 9.07. The molecule has 0 aliphatic heterocycles. The van der Waals surface area contributed by atoms with Crippen LogP contribution in [-0.2, 0) is 18.1 Å². The van der Waals surface area contributed by atoms with Gasteiger partial charge in [0.2, 0.25) is 6.08 Å². The van der Waals surface area contributed by atoms with Gasteiger partial charge >= 0.3 is 8.80 Å². The van der Waals surface area contributed by atoms with Gasteiger partial charge in [-0.3, -0.25) is 0 Å². The van der Waals surface area contributed by atoms with Gasteiger partial charge in [0.1, 0.15) is 0 Å². The van der Waals surface area contributed by atoms with Crippen molar-refractivity contribution in [3.8, 4) is 0 Å². The topological polar surface area (TPSA) is 57.1 Å². The van der Waals surface area contributed by atoms with Gasteiger partial charge in [0.15, 0.2) is 0 Å². The molecule has 0 saturated heterocycles. The van der Waals surface area contributed by atoms with Crippen molar-refractivity contribution in [1.29, 1.82) is 0 Å². The fourth-order valence-electron chi connectivity index (χ4n) is 1.39. The summed E-state index contributed by atoms with van der Waals surface area (Å²) in [7, 11) is 1.99. The van der Waals surface area contributed by atoms with E-state index in [4.69, 9.17) is 13.3 Å². The second-order valence-corrected chi connectivity index (χ2v) is 6.00. The SMILES string of the molecule is CCC(CN=C=O)[Si](OC)(OC)OC. The van der Waals surface area contributed by atoms with E-state index in [2.05, 4.69) is 4.99 Å². The highest BCUT2D eigenvalue weighted by Gasteiger charge is 2.46. The summed E-state index contributed by atoms with van der Waals surface area (Å²) < 4.78 is 15.9. The van der Waals surface area contributed by atoms with Crippen LogP contribution in [0.3, 0.4) is 0 Å². The van der Waals surface area contributed by atoms with E-state index in [0.717, 1.165) is 6.42 Å². The molecular formula is C8H17NO4Si. The smallest absolute Gasteiger partial charge is 0.377 e. The molecule has 0 bridgehead atoms. The monoisotopic (exact) mass is 219 g/mol. The minimum atomic E-state index is -2.66. The lowest BCUT2D eigenvalue weighted by atomic mass is 10.3. The van der Waals surface area contributed by atoms with Crippen molar-refractivity contribution in [2.75, 3.05) is 27.9 Å². The Bertz CT molecular complexity index is 193. The molecule has 0 saturated carbocycles. The van der Waals surface area contributed by atoms with E-state index in [1.807, 2.05) is 6.92 Å². The van der Waals surface area contributed by atoms with Crippen LogP contribution in [0, 0.1) is 0 Å². The van der Waals surface area contributed by atoms with Crippen LogP contribution in [0.1, 0.15) is 13.3 Å². The predicted molar refractivity (Wildman–Crippen MR) is 53.8 cm³/mol. The standard InChI is InChI=1S/C8H17NO4Si/c1-5-8(6-9-7-10)14(11-2,12-3)13-4/h8H,5-6H2,1-4H3. The number of rotatable bonds is 7. The molecule has 0 heterocycles. The van der Waals surface area contributed by atoms with Gasteiger partial charge in [-0.25, -0.2) is 9.79 Å². The Labute approximate surface area is 85.4 Å². The summed E-state index contributed by atoms with van der Waals surface area (Å²) in [6.07, 6.45) is 2.29. The van der Waals surface area contributed by atoms with Gasteiger partial charge in [-0.05, 0) is 6.42 Å². The fourth-order valence-corrected chi connectivity index (χ4v) is 3.70. The van der Waals surface area contributed by atoms with Crippen molar-refractivity contribution < 1.29 is 18.1 Å². The quantitative estimate of drug-likeness (QED) is 0.364. The van der Waals surface area contributed by atoms with E-state index in [-0.39, 0.29) is 5.54 Å². The third-order valence-corrected chi connectivity index (χ3v) is 5.52. The Morgan fingerprint density at radius 3 is 2.07 bits per heavy atom. The Morgan fingerprint density at radius 2 is 1.79 bits per heavy atom. The summed E-state index contributed by atoms with van der Waals surface area (Å²) in [5.41, 5.74) is 0.00366. The second-order valence-electron chi connectivity index (χ2n) is 2.75. The summed E-state index contributed by atoms with van der Waals surface area (Å²) in [6.45, 7) is 2.31. The molecule has 82 valence electrons. The lowest BCUT2D eigenvalue weighted by molar-refractivity contribution is 0.111. The average Bonchev–Trinajstić information content (AvgIpc) is 2.25. The van der Waals surface area contributed by atoms with Crippen LogP contribution in [0.2, 0.25) is 5.54 Å². The number of nitrogens with zero attached hydrogens (tertiary/aromatic N) is 1. The summed E-state index contributed by atoms with van der Waals surface area (Å²) in [4.78, 5) is 13.6. The molecule has 14 heavy (non-hydrogen) atoms. The molecule has 0 fully saturated rings. The first-order valence-corrected chi connectivity index (χ1v) is 6.20. The van der Waals surface area contributed by atoms with E-state index >= 15 is 0 Å². The lowest BCUT2D eigenvalue weighted by Gasteiger charge is -2.30. The normalized spacial score (nSPS) is 13.4. The first-order chi connectivity index (χ1) is 6.70. The first-order valence-electron chi connectivity index (χ1n) is 4.39. The van der Waals surface area contributed by atoms with E-state index < -0.39 is 8.80 Å². The fraction of sp³-hybridized carbons (Fsp3) is 0.875. The van der Waals surface area contributed by atoms with Gasteiger partial charge in [0.05, 0.1) is 6.54 Å². The lowest BCUT2D eigenvalue weighted by Crippen LogP contribution is -2.48. The Kier molecular flexibility index (Phi) is 6.60. The van der Waals surface area contributed by atoms with Gasteiger partial charge in [0, 0.05) is 26.9 Å². The summed E-state index contributed by atoms with van der Waals surface area (Å²) in [6, 6.07) is 0. The zero-order chi connectivity index (χ0) is 11.0. The Morgan fingerprint density at radius 1 is 1.29 bits per heavy atom. The second kappa shape index (κ2) is 6.86. The van der Waals surface area contributed by atoms with Crippen molar-refractivity contribution in [1.82, 2.24) is 0 Å². The maximum Gasteiger partial charge on any atom is 0.505 e. The molecule has 0 aromatic heterocycles. The molecule has 6 heteroatoms. The van der Waals surface area contributed by atoms with Crippen LogP contribution >= 0.6 is 0 Å². The van der Waals surface area contributed by atoms with Gasteiger partial charge in [-0.2, -0.15) is 0 Å². The number of hydrogen-bond acceptors (Lipinski definition) is 5. The number of hydrogen-bond donors (Lipinski definition) is 0. The van der Waals surface area contributed by atoms with Crippen LogP contribution in [0.15, 0.2) is 4.99 Å². The molecule has 0 N–H and O–H groups in total. The average molecular weight is 219 g/mol. The highest BCUT2D eigenvalue weighted by atomic mass is 28.4. The van der Waals surface area contributed by atoms with Gasteiger partial charge in [0.25, 0.3) is 0 Å². The Balaban J connectivity index is 4.63. The van der Waals surface area contributed by atoms with Gasteiger partial charge in [-0.15, -0.1) is 0 Å². The molecule has 0 aliphatic carbocycles. The molecule has 0 aromatic rings. The largest absolute Gasteiger partial charge is 0.505 e. The summed E-state index contributed by atoms with van der Waals surface area (Å²) >= 11 is 0. The molecule has 0 radical (unpaired) electrons. The predicted octanol–water partition coefficient (Wildman–Crippen LogP) is 0.980. The molecule has 0 aromatic carbocycles. The highest BCUT2D eigenvalue weighted by molar-refractivity contribution is 6.62. The van der Waals surface area contributed by atoms with E-state index in [0.29, 0.717) is 6.54 Å². The maximum atomic E-state index is 10.0. The molecular weight excluding hydrogens is 202 g/mol. The summed E-state index contributed by atoms with van der Waals surface area (Å²) in [5, 5.41) is 0. The van der Waals surface area contributed by atoms with E-state index in [1.54, 1.807) is 21.3 Å². The first kappa shape index (κ1) is 13.5. The van der Waals surface area contributed by atoms with Crippen LogP contribution < -0.4 is 0 Å². The zero-order valence-corrected chi connectivity index (χ0v) is 10.1. The minimum absolute atomic E-state index is 0.00366. The molecule has 1 unspecified atom stereocenters. The number of carbonyl (C=O) groups excluding carboxylic acids is 1. The van der Waals surface area contributed by atoms with Crippen LogP contribution in [0.25, 0.3) is 0 Å². The van der Waals surface area contributed by atoms with Crippen molar-refractivity contribution in [3.63, 3.8) is 0 Å². The summed E-state index contributed by atoms with van der Waals surface area (Å²) in [5.74, 6) is 0. The molecule has 1 atom stereocenters. The maximum absolute atomic E-state index is 10.0.